The van der Waals surface area contributed by atoms with Crippen LogP contribution in [-0.4, -0.2) is 54.7 Å². The van der Waals surface area contributed by atoms with Crippen LogP contribution in [0.25, 0.3) is 0 Å². The molecule has 0 radical (unpaired) electrons. The monoisotopic (exact) mass is 486 g/mol. The summed E-state index contributed by atoms with van der Waals surface area (Å²) in [6, 6.07) is 0.109. The van der Waals surface area contributed by atoms with Crippen LogP contribution in [-0.2, 0) is 9.59 Å². The second-order valence-corrected chi connectivity index (χ2v) is 12.6. The van der Waals surface area contributed by atoms with Gasteiger partial charge in [0.25, 0.3) is 0 Å². The molecule has 6 heteroatoms. The predicted molar refractivity (Wildman–Crippen MR) is 144 cm³/mol. The first-order chi connectivity index (χ1) is 16.5. The first-order valence-electron chi connectivity index (χ1n) is 13.8. The van der Waals surface area contributed by atoms with Crippen molar-refractivity contribution in [3.8, 4) is 0 Å². The fraction of sp³-hybridized carbons (Fsp3) is 0.793. The molecule has 3 fully saturated rings. The molecule has 0 amide bonds. The van der Waals surface area contributed by atoms with Gasteiger partial charge in [0.15, 0.2) is 0 Å². The van der Waals surface area contributed by atoms with E-state index in [1.54, 1.807) is 0 Å². The van der Waals surface area contributed by atoms with Gasteiger partial charge in [-0.05, 0) is 54.9 Å². The third-order valence-corrected chi connectivity index (χ3v) is 8.74. The first kappa shape index (κ1) is 27.8. The van der Waals surface area contributed by atoms with Crippen molar-refractivity contribution in [2.24, 2.45) is 22.7 Å². The van der Waals surface area contributed by atoms with Crippen LogP contribution in [0, 0.1) is 22.7 Å². The lowest BCUT2D eigenvalue weighted by Crippen LogP contribution is -2.53. The molecule has 198 valence electrons. The van der Waals surface area contributed by atoms with Crippen LogP contribution in [0.3, 0.4) is 0 Å². The van der Waals surface area contributed by atoms with Gasteiger partial charge in [-0.15, -0.1) is 0 Å². The van der Waals surface area contributed by atoms with Crippen LogP contribution in [0.1, 0.15) is 86.0 Å². The van der Waals surface area contributed by atoms with E-state index in [0.29, 0.717) is 24.8 Å². The van der Waals surface area contributed by atoms with Gasteiger partial charge in [0.2, 0.25) is 0 Å². The van der Waals surface area contributed by atoms with Crippen LogP contribution in [0.4, 0.5) is 0 Å². The van der Waals surface area contributed by atoms with Crippen molar-refractivity contribution in [2.75, 3.05) is 19.6 Å². The lowest BCUT2D eigenvalue weighted by atomic mass is 9.69. The molecule has 5 atom stereocenters. The SMILES string of the molecule is C=C(NC(CCC(=O)CNCC)C(C)(C)C)NC(C(=C)N1C[C@@H]2C[C@@H]2C1C=O)C1(C)CCCCC1. The maximum absolute atomic E-state index is 12.3. The molecule has 3 N–H and O–H groups in total. The Morgan fingerprint density at radius 2 is 1.86 bits per heavy atom. The number of aldehydes is 1. The Morgan fingerprint density at radius 3 is 2.46 bits per heavy atom. The fourth-order valence-electron chi connectivity index (χ4n) is 6.27. The van der Waals surface area contributed by atoms with Crippen LogP contribution >= 0.6 is 0 Å². The topological polar surface area (TPSA) is 73.5 Å². The summed E-state index contributed by atoms with van der Waals surface area (Å²) in [6.45, 7) is 22.1. The van der Waals surface area contributed by atoms with E-state index < -0.39 is 0 Å². The quantitative estimate of drug-likeness (QED) is 0.317. The van der Waals surface area contributed by atoms with E-state index in [2.05, 4.69) is 61.7 Å². The van der Waals surface area contributed by atoms with E-state index in [-0.39, 0.29) is 34.7 Å². The first-order valence-corrected chi connectivity index (χ1v) is 13.8. The largest absolute Gasteiger partial charge is 0.369 e. The van der Waals surface area contributed by atoms with Crippen molar-refractivity contribution in [1.29, 1.82) is 0 Å². The zero-order chi connectivity index (χ0) is 25.8. The second kappa shape index (κ2) is 11.5. The fourth-order valence-corrected chi connectivity index (χ4v) is 6.27. The Bertz CT molecular complexity index is 780. The highest BCUT2D eigenvalue weighted by molar-refractivity contribution is 5.80. The normalized spacial score (nSPS) is 26.9. The van der Waals surface area contributed by atoms with Crippen molar-refractivity contribution in [2.45, 2.75) is 104 Å². The molecular formula is C29H50N4O2. The molecule has 0 spiro atoms. The summed E-state index contributed by atoms with van der Waals surface area (Å²) < 4.78 is 0. The molecule has 1 saturated heterocycles. The summed E-state index contributed by atoms with van der Waals surface area (Å²) in [4.78, 5) is 26.5. The van der Waals surface area contributed by atoms with E-state index in [0.717, 1.165) is 50.2 Å². The summed E-state index contributed by atoms with van der Waals surface area (Å²) in [6.07, 6.45) is 9.64. The summed E-state index contributed by atoms with van der Waals surface area (Å²) in [5.74, 6) is 2.19. The third kappa shape index (κ3) is 6.90. The number of hydrogen-bond donors (Lipinski definition) is 3. The molecule has 35 heavy (non-hydrogen) atoms. The number of piperidine rings is 1. The molecule has 2 aliphatic carbocycles. The number of likely N-dealkylation sites (tertiary alicyclic amines) is 1. The third-order valence-electron chi connectivity index (χ3n) is 8.74. The Morgan fingerprint density at radius 1 is 1.17 bits per heavy atom. The molecule has 1 aliphatic heterocycles. The van der Waals surface area contributed by atoms with E-state index in [4.69, 9.17) is 0 Å². The molecule has 3 unspecified atom stereocenters. The van der Waals surface area contributed by atoms with Gasteiger partial charge in [-0.1, -0.05) is 67.0 Å². The van der Waals surface area contributed by atoms with Crippen LogP contribution in [0.15, 0.2) is 24.7 Å². The number of fused-ring (bicyclic) bond motifs is 1. The number of nitrogens with zero attached hydrogens (tertiary/aromatic N) is 1. The zero-order valence-corrected chi connectivity index (χ0v) is 22.9. The number of Topliss-reactive ketones (excluding diaryl/α,β-unsaturated/α-hetero) is 1. The van der Waals surface area contributed by atoms with Crippen LogP contribution in [0.2, 0.25) is 0 Å². The molecule has 3 aliphatic rings. The number of hydrogen-bond acceptors (Lipinski definition) is 6. The molecule has 0 bridgehead atoms. The summed E-state index contributed by atoms with van der Waals surface area (Å²) in [5.41, 5.74) is 1.08. The molecule has 0 aromatic heterocycles. The number of ketones is 1. The van der Waals surface area contributed by atoms with Gasteiger partial charge in [0, 0.05) is 24.7 Å². The molecule has 6 nitrogen and oxygen atoms in total. The van der Waals surface area contributed by atoms with E-state index in [1.165, 1.54) is 25.7 Å². The van der Waals surface area contributed by atoms with Gasteiger partial charge >= 0.3 is 0 Å². The van der Waals surface area contributed by atoms with Crippen molar-refractivity contribution >= 4 is 12.1 Å². The summed E-state index contributed by atoms with van der Waals surface area (Å²) >= 11 is 0. The molecule has 0 aromatic carbocycles. The van der Waals surface area contributed by atoms with Gasteiger partial charge in [0.05, 0.1) is 24.4 Å². The minimum atomic E-state index is -0.0321. The predicted octanol–water partition coefficient (Wildman–Crippen LogP) is 4.38. The average Bonchev–Trinajstić information content (AvgIpc) is 3.48. The number of rotatable bonds is 14. The molecule has 1 heterocycles. The summed E-state index contributed by atoms with van der Waals surface area (Å²) in [7, 11) is 0. The second-order valence-electron chi connectivity index (χ2n) is 12.6. The number of carbonyl (C=O) groups is 2. The van der Waals surface area contributed by atoms with E-state index in [9.17, 15) is 9.59 Å². The number of nitrogens with one attached hydrogen (secondary N) is 3. The maximum Gasteiger partial charge on any atom is 0.146 e. The molecule has 3 rings (SSSR count). The minimum absolute atomic E-state index is 0.0246. The van der Waals surface area contributed by atoms with Crippen molar-refractivity contribution < 1.29 is 9.59 Å². The maximum atomic E-state index is 12.3. The minimum Gasteiger partial charge on any atom is -0.369 e. The van der Waals surface area contributed by atoms with Crippen LogP contribution in [0.5, 0.6) is 0 Å². The Labute approximate surface area is 213 Å². The molecular weight excluding hydrogens is 436 g/mol. The zero-order valence-electron chi connectivity index (χ0n) is 22.9. The summed E-state index contributed by atoms with van der Waals surface area (Å²) in [5, 5.41) is 10.5. The van der Waals surface area contributed by atoms with Gasteiger partial charge in [-0.3, -0.25) is 4.79 Å². The van der Waals surface area contributed by atoms with Gasteiger partial charge < -0.3 is 25.6 Å². The Balaban J connectivity index is 1.70. The number of likely N-dealkylation sites (N-methyl/N-ethyl adjacent to an activating group) is 1. The smallest absolute Gasteiger partial charge is 0.146 e. The highest BCUT2D eigenvalue weighted by atomic mass is 16.1. The Kier molecular flexibility index (Phi) is 9.11. The Hall–Kier alpha value is -1.82. The lowest BCUT2D eigenvalue weighted by molar-refractivity contribution is -0.118. The average molecular weight is 487 g/mol. The van der Waals surface area contributed by atoms with Gasteiger partial charge in [-0.2, -0.15) is 0 Å². The van der Waals surface area contributed by atoms with Gasteiger partial charge in [0.1, 0.15) is 12.1 Å². The van der Waals surface area contributed by atoms with Crippen molar-refractivity contribution in [3.05, 3.63) is 24.7 Å². The van der Waals surface area contributed by atoms with Gasteiger partial charge in [-0.25, -0.2) is 0 Å². The molecule has 2 saturated carbocycles. The van der Waals surface area contributed by atoms with Crippen molar-refractivity contribution in [1.82, 2.24) is 20.9 Å². The lowest BCUT2D eigenvalue weighted by Gasteiger charge is -2.46. The standard InChI is InChI=1S/C29H50N4O2/c1-8-30-17-23(35)12-13-26(28(4,5)6)31-21(3)32-27(29(7)14-10-9-11-15-29)20(2)33-18-22-16-24(22)25(33)19-34/h19,22,24-27,30-32H,2-3,8-18H2,1,4-7H3/t22-,24-,25?,26?,27?/m0/s1. The van der Waals surface area contributed by atoms with E-state index in [1.807, 2.05) is 6.92 Å². The highest BCUT2D eigenvalue weighted by Gasteiger charge is 2.54. The van der Waals surface area contributed by atoms with Crippen molar-refractivity contribution in [3.63, 3.8) is 0 Å². The molecule has 0 aromatic rings. The number of carbonyl (C=O) groups excluding carboxylic acids is 2. The van der Waals surface area contributed by atoms with E-state index >= 15 is 0 Å². The van der Waals surface area contributed by atoms with Crippen LogP contribution < -0.4 is 16.0 Å². The highest BCUT2D eigenvalue weighted by Crippen LogP contribution is 2.51.